The number of rotatable bonds is 5. The lowest BCUT2D eigenvalue weighted by atomic mass is 10.1. The summed E-state index contributed by atoms with van der Waals surface area (Å²) in [5, 5.41) is 12.4. The Balaban J connectivity index is 1.58. The molecule has 0 amide bonds. The summed E-state index contributed by atoms with van der Waals surface area (Å²) in [5.74, 6) is 0.645. The van der Waals surface area contributed by atoms with Gasteiger partial charge in [0.25, 0.3) is 0 Å². The zero-order chi connectivity index (χ0) is 14.7. The van der Waals surface area contributed by atoms with Gasteiger partial charge in [-0.3, -0.25) is 0 Å². The van der Waals surface area contributed by atoms with E-state index in [1.54, 1.807) is 17.6 Å². The van der Waals surface area contributed by atoms with Crippen LogP contribution in [0.3, 0.4) is 0 Å². The predicted octanol–water partition coefficient (Wildman–Crippen LogP) is 3.41. The van der Waals surface area contributed by atoms with Crippen LogP contribution in [0.25, 0.3) is 0 Å². The Kier molecular flexibility index (Phi) is 4.23. The first kappa shape index (κ1) is 14.1. The number of ether oxygens (including phenoxy) is 1. The molecule has 108 valence electrons. The molecule has 0 saturated carbocycles. The molecular weight excluding hydrogens is 280 g/mol. The number of hydrogen-bond donors (Lipinski definition) is 1. The Labute approximate surface area is 129 Å². The van der Waals surface area contributed by atoms with Crippen LogP contribution in [0.5, 0.6) is 5.75 Å². The van der Waals surface area contributed by atoms with E-state index >= 15 is 0 Å². The zero-order valence-corrected chi connectivity index (χ0v) is 12.9. The van der Waals surface area contributed by atoms with Crippen LogP contribution in [0.2, 0.25) is 0 Å². The number of nitriles is 1. The third-order valence-corrected chi connectivity index (χ3v) is 5.05. The number of fused-ring (bicyclic) bond motifs is 1. The van der Waals surface area contributed by atoms with Crippen molar-refractivity contribution in [1.29, 1.82) is 5.26 Å². The smallest absolute Gasteiger partial charge is 0.136 e. The van der Waals surface area contributed by atoms with Crippen LogP contribution in [-0.2, 0) is 25.9 Å². The molecule has 2 aromatic rings. The van der Waals surface area contributed by atoms with Crippen LogP contribution in [-0.4, -0.2) is 7.11 Å². The summed E-state index contributed by atoms with van der Waals surface area (Å²) in [4.78, 5) is 2.99. The van der Waals surface area contributed by atoms with Crippen molar-refractivity contribution in [3.63, 3.8) is 0 Å². The van der Waals surface area contributed by atoms with Crippen LogP contribution < -0.4 is 10.1 Å². The first-order valence-corrected chi connectivity index (χ1v) is 8.00. The number of benzene rings is 1. The molecule has 0 unspecified atom stereocenters. The van der Waals surface area contributed by atoms with Crippen molar-refractivity contribution in [2.45, 2.75) is 32.4 Å². The molecule has 21 heavy (non-hydrogen) atoms. The van der Waals surface area contributed by atoms with E-state index in [0.717, 1.165) is 18.7 Å². The summed E-state index contributed by atoms with van der Waals surface area (Å²) in [7, 11) is 1.60. The highest BCUT2D eigenvalue weighted by Gasteiger charge is 2.14. The fourth-order valence-corrected chi connectivity index (χ4v) is 3.98. The number of thiophene rings is 1. The largest absolute Gasteiger partial charge is 0.495 e. The summed E-state index contributed by atoms with van der Waals surface area (Å²) in [6.07, 6.45) is 3.82. The summed E-state index contributed by atoms with van der Waals surface area (Å²) >= 11 is 1.94. The Bertz CT molecular complexity index is 663. The second-order valence-electron chi connectivity index (χ2n) is 5.26. The molecule has 0 atom stereocenters. The molecule has 1 aliphatic carbocycles. The van der Waals surface area contributed by atoms with Gasteiger partial charge in [-0.2, -0.15) is 5.26 Å². The van der Waals surface area contributed by atoms with E-state index in [4.69, 9.17) is 10.00 Å². The van der Waals surface area contributed by atoms with Crippen LogP contribution in [0.1, 0.15) is 32.9 Å². The highest BCUT2D eigenvalue weighted by Crippen LogP contribution is 2.30. The second-order valence-corrected chi connectivity index (χ2v) is 6.49. The van der Waals surface area contributed by atoms with Gasteiger partial charge in [-0.1, -0.05) is 6.07 Å². The lowest BCUT2D eigenvalue weighted by Gasteiger charge is -2.07. The molecule has 1 N–H and O–H groups in total. The molecule has 4 heteroatoms. The maximum absolute atomic E-state index is 8.98. The van der Waals surface area contributed by atoms with Crippen molar-refractivity contribution in [2.24, 2.45) is 0 Å². The van der Waals surface area contributed by atoms with Crippen molar-refractivity contribution < 1.29 is 4.74 Å². The van der Waals surface area contributed by atoms with Gasteiger partial charge in [0.05, 0.1) is 12.7 Å². The van der Waals surface area contributed by atoms with E-state index < -0.39 is 0 Å². The summed E-state index contributed by atoms with van der Waals surface area (Å²) in [6, 6.07) is 10.2. The van der Waals surface area contributed by atoms with Gasteiger partial charge in [-0.25, -0.2) is 0 Å². The van der Waals surface area contributed by atoms with Crippen molar-refractivity contribution in [2.75, 3.05) is 7.11 Å². The molecule has 0 bridgehead atoms. The molecule has 0 spiro atoms. The quantitative estimate of drug-likeness (QED) is 0.920. The highest BCUT2D eigenvalue weighted by atomic mass is 32.1. The summed E-state index contributed by atoms with van der Waals surface area (Å²) in [6.45, 7) is 1.69. The minimum atomic E-state index is 0.580. The van der Waals surface area contributed by atoms with Crippen LogP contribution in [0.4, 0.5) is 0 Å². The fraction of sp³-hybridized carbons (Fsp3) is 0.353. The van der Waals surface area contributed by atoms with Gasteiger partial charge >= 0.3 is 0 Å². The van der Waals surface area contributed by atoms with Crippen LogP contribution in [0.15, 0.2) is 24.3 Å². The van der Waals surface area contributed by atoms with Gasteiger partial charge in [-0.05, 0) is 48.6 Å². The molecule has 1 heterocycles. The number of aryl methyl sites for hydroxylation is 2. The van der Waals surface area contributed by atoms with E-state index in [1.807, 2.05) is 29.5 Å². The van der Waals surface area contributed by atoms with Gasteiger partial charge in [-0.15, -0.1) is 11.3 Å². The van der Waals surface area contributed by atoms with Crippen molar-refractivity contribution >= 4 is 11.3 Å². The minimum absolute atomic E-state index is 0.580. The van der Waals surface area contributed by atoms with Crippen molar-refractivity contribution in [3.05, 3.63) is 50.7 Å². The van der Waals surface area contributed by atoms with E-state index in [2.05, 4.69) is 17.5 Å². The topological polar surface area (TPSA) is 45.0 Å². The molecular formula is C17H18N2OS. The molecule has 1 aliphatic rings. The van der Waals surface area contributed by atoms with E-state index in [1.165, 1.54) is 24.1 Å². The van der Waals surface area contributed by atoms with E-state index in [0.29, 0.717) is 11.3 Å². The van der Waals surface area contributed by atoms with Gasteiger partial charge in [0.2, 0.25) is 0 Å². The maximum atomic E-state index is 8.98. The molecule has 0 radical (unpaired) electrons. The fourth-order valence-electron chi connectivity index (χ4n) is 2.75. The Hall–Kier alpha value is -1.83. The number of nitrogens with zero attached hydrogens (tertiary/aromatic N) is 1. The number of nitrogens with one attached hydrogen (secondary N) is 1. The Morgan fingerprint density at radius 2 is 2.19 bits per heavy atom. The highest BCUT2D eigenvalue weighted by molar-refractivity contribution is 7.12. The monoisotopic (exact) mass is 298 g/mol. The number of methoxy groups -OCH3 is 1. The third kappa shape index (κ3) is 3.10. The maximum Gasteiger partial charge on any atom is 0.136 e. The Morgan fingerprint density at radius 1 is 1.29 bits per heavy atom. The first-order chi connectivity index (χ1) is 10.3. The molecule has 0 fully saturated rings. The zero-order valence-electron chi connectivity index (χ0n) is 12.1. The SMILES string of the molecule is COc1cc(CNCc2cc3c(s2)CCC3)ccc1C#N. The first-order valence-electron chi connectivity index (χ1n) is 7.18. The summed E-state index contributed by atoms with van der Waals surface area (Å²) in [5.41, 5.74) is 3.27. The molecule has 3 nitrogen and oxygen atoms in total. The second kappa shape index (κ2) is 6.30. The van der Waals surface area contributed by atoms with E-state index in [9.17, 15) is 0 Å². The van der Waals surface area contributed by atoms with Crippen LogP contribution in [0, 0.1) is 11.3 Å². The number of hydrogen-bond acceptors (Lipinski definition) is 4. The predicted molar refractivity (Wildman–Crippen MR) is 84.6 cm³/mol. The van der Waals surface area contributed by atoms with Crippen molar-refractivity contribution in [1.82, 2.24) is 5.32 Å². The normalized spacial score (nSPS) is 13.0. The van der Waals surface area contributed by atoms with Gasteiger partial charge in [0.15, 0.2) is 0 Å². The van der Waals surface area contributed by atoms with Crippen LogP contribution >= 0.6 is 11.3 Å². The molecule has 0 aliphatic heterocycles. The standard InChI is InChI=1S/C17H18N2OS/c1-20-16-7-12(5-6-14(16)9-18)10-19-11-15-8-13-3-2-4-17(13)21-15/h5-8,19H,2-4,10-11H2,1H3. The summed E-state index contributed by atoms with van der Waals surface area (Å²) < 4.78 is 5.23. The van der Waals surface area contributed by atoms with E-state index in [-0.39, 0.29) is 0 Å². The average molecular weight is 298 g/mol. The Morgan fingerprint density at radius 3 is 2.95 bits per heavy atom. The molecule has 3 rings (SSSR count). The molecule has 0 saturated heterocycles. The lowest BCUT2D eigenvalue weighted by molar-refractivity contribution is 0.412. The van der Waals surface area contributed by atoms with Crippen molar-refractivity contribution in [3.8, 4) is 11.8 Å². The third-order valence-electron chi connectivity index (χ3n) is 3.81. The minimum Gasteiger partial charge on any atom is -0.495 e. The molecule has 1 aromatic heterocycles. The lowest BCUT2D eigenvalue weighted by Crippen LogP contribution is -2.12. The van der Waals surface area contributed by atoms with Gasteiger partial charge < -0.3 is 10.1 Å². The molecule has 1 aromatic carbocycles. The van der Waals surface area contributed by atoms with Gasteiger partial charge in [0.1, 0.15) is 11.8 Å². The average Bonchev–Trinajstić information content (AvgIpc) is 3.08. The van der Waals surface area contributed by atoms with Gasteiger partial charge in [0, 0.05) is 22.8 Å².